The first kappa shape index (κ1) is 20.8. The van der Waals surface area contributed by atoms with Gasteiger partial charge in [-0.3, -0.25) is 0 Å². The zero-order valence-corrected chi connectivity index (χ0v) is 18.9. The standard InChI is InChI=1S/C26H31NS2/c1-20-8-7-13-24(18-20)28-17-16-26(27-23-11-3-2-4-12-23)29-25-15-14-21-9-5-6-10-22(21)19-25/h2-4,7-8,11-13,16-18,21-22,25H,5-6,9-10,14-15,19H2,1H3. The number of fused-ring (bicyclic) bond motifs is 1. The highest BCUT2D eigenvalue weighted by atomic mass is 32.2. The molecule has 3 heteroatoms. The van der Waals surface area contributed by atoms with Crippen molar-refractivity contribution >= 4 is 34.3 Å². The van der Waals surface area contributed by atoms with E-state index in [1.807, 2.05) is 11.8 Å². The molecule has 0 saturated heterocycles. The number of hydrogen-bond donors (Lipinski definition) is 0. The lowest BCUT2D eigenvalue weighted by molar-refractivity contribution is 0.175. The lowest BCUT2D eigenvalue weighted by Crippen LogP contribution is -2.29. The summed E-state index contributed by atoms with van der Waals surface area (Å²) >= 11 is 3.78. The number of aryl methyl sites for hydroxylation is 1. The van der Waals surface area contributed by atoms with Gasteiger partial charge in [0.2, 0.25) is 0 Å². The van der Waals surface area contributed by atoms with Crippen LogP contribution < -0.4 is 0 Å². The molecule has 1 nitrogen and oxygen atoms in total. The predicted octanol–water partition coefficient (Wildman–Crippen LogP) is 8.42. The maximum absolute atomic E-state index is 4.98. The van der Waals surface area contributed by atoms with E-state index >= 15 is 0 Å². The van der Waals surface area contributed by atoms with E-state index in [4.69, 9.17) is 4.99 Å². The van der Waals surface area contributed by atoms with Gasteiger partial charge in [-0.25, -0.2) is 4.99 Å². The number of thioether (sulfide) groups is 2. The summed E-state index contributed by atoms with van der Waals surface area (Å²) in [5.74, 6) is 1.96. The maximum atomic E-state index is 4.98. The van der Waals surface area contributed by atoms with Crippen molar-refractivity contribution in [2.75, 3.05) is 0 Å². The number of benzene rings is 2. The van der Waals surface area contributed by atoms with Crippen molar-refractivity contribution in [2.45, 2.75) is 62.0 Å². The van der Waals surface area contributed by atoms with Crippen molar-refractivity contribution < 1.29 is 0 Å². The zero-order valence-electron chi connectivity index (χ0n) is 17.3. The van der Waals surface area contributed by atoms with Crippen LogP contribution in [0, 0.1) is 18.8 Å². The van der Waals surface area contributed by atoms with Gasteiger partial charge in [0.1, 0.15) is 0 Å². The Morgan fingerprint density at radius 3 is 2.59 bits per heavy atom. The maximum Gasteiger partial charge on any atom is 0.0975 e. The van der Waals surface area contributed by atoms with Crippen molar-refractivity contribution in [2.24, 2.45) is 16.8 Å². The lowest BCUT2D eigenvalue weighted by Gasteiger charge is -2.39. The number of para-hydroxylation sites is 1. The molecule has 2 aromatic rings. The van der Waals surface area contributed by atoms with Gasteiger partial charge < -0.3 is 0 Å². The Balaban J connectivity index is 1.45. The molecule has 0 spiro atoms. The molecular formula is C26H31NS2. The molecule has 2 fully saturated rings. The number of nitrogens with zero attached hydrogens (tertiary/aromatic N) is 1. The molecule has 0 aliphatic heterocycles. The summed E-state index contributed by atoms with van der Waals surface area (Å²) < 4.78 is 0. The van der Waals surface area contributed by atoms with Crippen LogP contribution in [0.4, 0.5) is 5.69 Å². The SMILES string of the molecule is Cc1cccc(SC=CC(=Nc2ccccc2)SC2CCC3CCCCC3C2)c1. The third-order valence-corrected chi connectivity index (χ3v) is 8.21. The number of hydrogen-bond acceptors (Lipinski definition) is 3. The molecule has 2 saturated carbocycles. The highest BCUT2D eigenvalue weighted by molar-refractivity contribution is 8.15. The fourth-order valence-electron chi connectivity index (χ4n) is 4.70. The van der Waals surface area contributed by atoms with Gasteiger partial charge >= 0.3 is 0 Å². The van der Waals surface area contributed by atoms with Gasteiger partial charge in [-0.2, -0.15) is 0 Å². The van der Waals surface area contributed by atoms with Crippen LogP contribution in [0.1, 0.15) is 50.5 Å². The van der Waals surface area contributed by atoms with Crippen molar-refractivity contribution in [3.05, 3.63) is 71.6 Å². The van der Waals surface area contributed by atoms with Crippen LogP contribution >= 0.6 is 23.5 Å². The predicted molar refractivity (Wildman–Crippen MR) is 130 cm³/mol. The van der Waals surface area contributed by atoms with Crippen LogP contribution in [0.15, 0.2) is 76.0 Å². The molecule has 2 aliphatic rings. The van der Waals surface area contributed by atoms with Crippen LogP contribution in [0.2, 0.25) is 0 Å². The van der Waals surface area contributed by atoms with Gasteiger partial charge in [-0.15, -0.1) is 11.8 Å². The molecule has 0 heterocycles. The van der Waals surface area contributed by atoms with Crippen molar-refractivity contribution in [1.82, 2.24) is 0 Å². The van der Waals surface area contributed by atoms with Gasteiger partial charge in [-0.05, 0) is 73.8 Å². The molecule has 0 aromatic heterocycles. The molecule has 0 amide bonds. The Hall–Kier alpha value is -1.45. The van der Waals surface area contributed by atoms with Crippen LogP contribution in [-0.2, 0) is 0 Å². The fourth-order valence-corrected chi connectivity index (χ4v) is 6.80. The summed E-state index contributed by atoms with van der Waals surface area (Å²) in [6.45, 7) is 2.15. The zero-order chi connectivity index (χ0) is 19.9. The van der Waals surface area contributed by atoms with Crippen molar-refractivity contribution in [1.29, 1.82) is 0 Å². The summed E-state index contributed by atoms with van der Waals surface area (Å²) in [6, 6.07) is 19.1. The van der Waals surface area contributed by atoms with Crippen molar-refractivity contribution in [3.8, 4) is 0 Å². The largest absolute Gasteiger partial charge is 0.242 e. The van der Waals surface area contributed by atoms with E-state index in [1.165, 1.54) is 55.4 Å². The van der Waals surface area contributed by atoms with Crippen LogP contribution in [0.25, 0.3) is 0 Å². The van der Waals surface area contributed by atoms with Crippen LogP contribution in [-0.4, -0.2) is 10.3 Å². The topological polar surface area (TPSA) is 12.4 Å². The molecular weight excluding hydrogens is 390 g/mol. The molecule has 0 radical (unpaired) electrons. The quantitative estimate of drug-likeness (QED) is 0.273. The Morgan fingerprint density at radius 1 is 0.931 bits per heavy atom. The summed E-state index contributed by atoms with van der Waals surface area (Å²) in [4.78, 5) is 6.27. The molecule has 2 aromatic carbocycles. The first-order valence-corrected chi connectivity index (χ1v) is 12.7. The molecule has 3 atom stereocenters. The van der Waals surface area contributed by atoms with Gasteiger partial charge in [0.25, 0.3) is 0 Å². The average Bonchev–Trinajstić information content (AvgIpc) is 2.74. The molecule has 0 bridgehead atoms. The first-order valence-electron chi connectivity index (χ1n) is 11.0. The van der Waals surface area contributed by atoms with E-state index in [-0.39, 0.29) is 0 Å². The van der Waals surface area contributed by atoms with Crippen molar-refractivity contribution in [3.63, 3.8) is 0 Å². The van der Waals surface area contributed by atoms with Gasteiger partial charge in [-0.1, -0.05) is 73.3 Å². The number of aliphatic imine (C=N–C) groups is 1. The number of rotatable bonds is 5. The van der Waals surface area contributed by atoms with E-state index < -0.39 is 0 Å². The second-order valence-electron chi connectivity index (χ2n) is 8.38. The second-order valence-corrected chi connectivity index (χ2v) is 10.7. The van der Waals surface area contributed by atoms with E-state index in [1.54, 1.807) is 11.8 Å². The third-order valence-electron chi connectivity index (χ3n) is 6.18. The summed E-state index contributed by atoms with van der Waals surface area (Å²) in [5, 5.41) is 4.07. The monoisotopic (exact) mass is 421 g/mol. The third kappa shape index (κ3) is 6.26. The molecule has 29 heavy (non-hydrogen) atoms. The Morgan fingerprint density at radius 2 is 1.76 bits per heavy atom. The Labute approximate surface area is 184 Å². The average molecular weight is 422 g/mol. The highest BCUT2D eigenvalue weighted by Gasteiger charge is 2.32. The van der Waals surface area contributed by atoms with E-state index in [9.17, 15) is 0 Å². The minimum Gasteiger partial charge on any atom is -0.242 e. The Kier molecular flexibility index (Phi) is 7.56. The normalized spacial score (nSPS) is 25.1. The molecule has 0 N–H and O–H groups in total. The van der Waals surface area contributed by atoms with Gasteiger partial charge in [0.15, 0.2) is 0 Å². The smallest absolute Gasteiger partial charge is 0.0975 e. The molecule has 3 unspecified atom stereocenters. The summed E-state index contributed by atoms with van der Waals surface area (Å²) in [7, 11) is 0. The summed E-state index contributed by atoms with van der Waals surface area (Å²) in [6.07, 6.45) is 12.2. The highest BCUT2D eigenvalue weighted by Crippen LogP contribution is 2.44. The first-order chi connectivity index (χ1) is 14.3. The minimum absolute atomic E-state index is 0.713. The second kappa shape index (κ2) is 10.5. The van der Waals surface area contributed by atoms with Crippen LogP contribution in [0.3, 0.4) is 0 Å². The van der Waals surface area contributed by atoms with E-state index in [0.717, 1.165) is 22.6 Å². The van der Waals surface area contributed by atoms with Gasteiger partial charge in [0.05, 0.1) is 10.7 Å². The lowest BCUT2D eigenvalue weighted by atomic mass is 9.71. The fraction of sp³-hybridized carbons (Fsp3) is 0.423. The Bertz CT molecular complexity index is 843. The molecule has 4 rings (SSSR count). The molecule has 152 valence electrons. The van der Waals surface area contributed by atoms with Crippen LogP contribution in [0.5, 0.6) is 0 Å². The van der Waals surface area contributed by atoms with E-state index in [0.29, 0.717) is 5.25 Å². The van der Waals surface area contributed by atoms with E-state index in [2.05, 4.69) is 73.0 Å². The minimum atomic E-state index is 0.713. The molecule has 2 aliphatic carbocycles. The summed E-state index contributed by atoms with van der Waals surface area (Å²) in [5.41, 5.74) is 2.35. The van der Waals surface area contributed by atoms with Gasteiger partial charge in [0, 0.05) is 10.1 Å².